The first kappa shape index (κ1) is 21.6. The van der Waals surface area contributed by atoms with Gasteiger partial charge in [0.15, 0.2) is 11.5 Å². The minimum absolute atomic E-state index is 0.115. The van der Waals surface area contributed by atoms with Crippen LogP contribution in [0.1, 0.15) is 30.4 Å². The van der Waals surface area contributed by atoms with E-state index in [0.717, 1.165) is 42.5 Å². The molecule has 0 atom stereocenters. The van der Waals surface area contributed by atoms with Gasteiger partial charge in [-0.25, -0.2) is 4.39 Å². The van der Waals surface area contributed by atoms with E-state index in [2.05, 4.69) is 21.2 Å². The number of hydrogen-bond donors (Lipinski definition) is 1. The van der Waals surface area contributed by atoms with Crippen molar-refractivity contribution in [3.8, 4) is 11.5 Å². The minimum Gasteiger partial charge on any atom is -0.493 e. The Labute approximate surface area is 179 Å². The van der Waals surface area contributed by atoms with Crippen LogP contribution in [-0.4, -0.2) is 37.6 Å². The van der Waals surface area contributed by atoms with E-state index in [-0.39, 0.29) is 18.3 Å². The molecule has 2 aromatic rings. The van der Waals surface area contributed by atoms with Gasteiger partial charge in [-0.15, -0.1) is 0 Å². The number of nitrogens with zero attached hydrogens (tertiary/aromatic N) is 1. The summed E-state index contributed by atoms with van der Waals surface area (Å²) in [6, 6.07) is 10.3. The van der Waals surface area contributed by atoms with Crippen LogP contribution in [0.15, 0.2) is 40.9 Å². The quantitative estimate of drug-likeness (QED) is 0.533. The molecule has 0 bridgehead atoms. The van der Waals surface area contributed by atoms with Crippen molar-refractivity contribution >= 4 is 21.8 Å². The lowest BCUT2D eigenvalue weighted by molar-refractivity contribution is -0.127. The fourth-order valence-electron chi connectivity index (χ4n) is 3.38. The van der Waals surface area contributed by atoms with E-state index in [1.54, 1.807) is 25.3 Å². The normalized spacial score (nSPS) is 13.8. The standard InChI is InChI=1S/C22H26BrFN2O3/c1-28-20-10-9-18(23)17(14-25-11-5-13-26-12-4-8-21(26)27)22(20)29-15-16-6-2-3-7-19(16)24/h2-3,6-7,9-10,25H,4-5,8,11-15H2,1H3. The molecule has 1 heterocycles. The fourth-order valence-corrected chi connectivity index (χ4v) is 3.83. The third kappa shape index (κ3) is 5.70. The van der Waals surface area contributed by atoms with Gasteiger partial charge in [0.25, 0.3) is 0 Å². The van der Waals surface area contributed by atoms with Crippen LogP contribution in [0.4, 0.5) is 4.39 Å². The molecule has 0 spiro atoms. The highest BCUT2D eigenvalue weighted by atomic mass is 79.9. The van der Waals surface area contributed by atoms with E-state index < -0.39 is 0 Å². The molecule has 0 radical (unpaired) electrons. The molecule has 7 heteroatoms. The summed E-state index contributed by atoms with van der Waals surface area (Å²) < 4.78 is 26.3. The molecule has 1 aliphatic heterocycles. The van der Waals surface area contributed by atoms with Crippen LogP contribution >= 0.6 is 15.9 Å². The Morgan fingerprint density at radius 2 is 2.07 bits per heavy atom. The maximum absolute atomic E-state index is 13.9. The Morgan fingerprint density at radius 3 is 2.79 bits per heavy atom. The lowest BCUT2D eigenvalue weighted by atomic mass is 10.1. The van der Waals surface area contributed by atoms with Crippen molar-refractivity contribution < 1.29 is 18.7 Å². The topological polar surface area (TPSA) is 50.8 Å². The van der Waals surface area contributed by atoms with Crippen LogP contribution in [0.3, 0.4) is 0 Å². The molecule has 2 aromatic carbocycles. The Hall–Kier alpha value is -2.12. The number of rotatable bonds is 10. The van der Waals surface area contributed by atoms with Gasteiger partial charge in [-0.2, -0.15) is 0 Å². The van der Waals surface area contributed by atoms with Crippen molar-refractivity contribution in [2.45, 2.75) is 32.4 Å². The van der Waals surface area contributed by atoms with E-state index in [0.29, 0.717) is 30.0 Å². The van der Waals surface area contributed by atoms with Gasteiger partial charge in [0.05, 0.1) is 7.11 Å². The monoisotopic (exact) mass is 464 g/mol. The van der Waals surface area contributed by atoms with Crippen LogP contribution < -0.4 is 14.8 Å². The van der Waals surface area contributed by atoms with Crippen LogP contribution in [0.2, 0.25) is 0 Å². The number of hydrogen-bond acceptors (Lipinski definition) is 4. The molecule has 3 rings (SSSR count). The van der Waals surface area contributed by atoms with E-state index in [9.17, 15) is 9.18 Å². The first-order valence-corrected chi connectivity index (χ1v) is 10.6. The largest absolute Gasteiger partial charge is 0.493 e. The molecular formula is C22H26BrFN2O3. The van der Waals surface area contributed by atoms with E-state index in [1.165, 1.54) is 6.07 Å². The minimum atomic E-state index is -0.294. The van der Waals surface area contributed by atoms with Crippen LogP contribution in [0.25, 0.3) is 0 Å². The molecule has 5 nitrogen and oxygen atoms in total. The first-order chi connectivity index (χ1) is 14.1. The van der Waals surface area contributed by atoms with Gasteiger partial charge in [0, 0.05) is 41.7 Å². The third-order valence-corrected chi connectivity index (χ3v) is 5.71. The van der Waals surface area contributed by atoms with Gasteiger partial charge >= 0.3 is 0 Å². The molecule has 1 N–H and O–H groups in total. The Kier molecular flexibility index (Phi) is 7.89. The molecule has 29 heavy (non-hydrogen) atoms. The summed E-state index contributed by atoms with van der Waals surface area (Å²) in [4.78, 5) is 13.6. The zero-order chi connectivity index (χ0) is 20.6. The number of nitrogens with one attached hydrogen (secondary N) is 1. The second-order valence-corrected chi connectivity index (χ2v) is 7.81. The molecular weight excluding hydrogens is 439 g/mol. The van der Waals surface area contributed by atoms with Gasteiger partial charge in [-0.1, -0.05) is 34.1 Å². The van der Waals surface area contributed by atoms with E-state index in [4.69, 9.17) is 9.47 Å². The van der Waals surface area contributed by atoms with Crippen LogP contribution in [-0.2, 0) is 17.9 Å². The van der Waals surface area contributed by atoms with Crippen molar-refractivity contribution in [3.05, 3.63) is 57.8 Å². The van der Waals surface area contributed by atoms with Crippen LogP contribution in [0.5, 0.6) is 11.5 Å². The van der Waals surface area contributed by atoms with Gasteiger partial charge in [-0.3, -0.25) is 4.79 Å². The Morgan fingerprint density at radius 1 is 1.24 bits per heavy atom. The number of methoxy groups -OCH3 is 1. The number of likely N-dealkylation sites (tertiary alicyclic amines) is 1. The second kappa shape index (κ2) is 10.6. The number of carbonyl (C=O) groups excluding carboxylic acids is 1. The lowest BCUT2D eigenvalue weighted by Crippen LogP contribution is -2.28. The first-order valence-electron chi connectivity index (χ1n) is 9.80. The molecule has 1 aliphatic rings. The molecule has 0 aromatic heterocycles. The van der Waals surface area contributed by atoms with Crippen molar-refractivity contribution in [1.82, 2.24) is 10.2 Å². The number of ether oxygens (including phenoxy) is 2. The van der Waals surface area contributed by atoms with E-state index >= 15 is 0 Å². The van der Waals surface area contributed by atoms with Gasteiger partial charge in [0.2, 0.25) is 5.91 Å². The number of amides is 1. The SMILES string of the molecule is COc1ccc(Br)c(CNCCCN2CCCC2=O)c1OCc1ccccc1F. The van der Waals surface area contributed by atoms with E-state index in [1.807, 2.05) is 17.0 Å². The van der Waals surface area contributed by atoms with Gasteiger partial charge in [0.1, 0.15) is 12.4 Å². The molecule has 1 saturated heterocycles. The predicted octanol–water partition coefficient (Wildman–Crippen LogP) is 4.28. The number of halogens is 2. The summed E-state index contributed by atoms with van der Waals surface area (Å²) in [5, 5.41) is 3.40. The molecule has 1 fully saturated rings. The maximum Gasteiger partial charge on any atom is 0.222 e. The zero-order valence-electron chi connectivity index (χ0n) is 16.5. The van der Waals surface area contributed by atoms with Gasteiger partial charge < -0.3 is 19.7 Å². The molecule has 0 aliphatic carbocycles. The highest BCUT2D eigenvalue weighted by Crippen LogP contribution is 2.37. The second-order valence-electron chi connectivity index (χ2n) is 6.95. The summed E-state index contributed by atoms with van der Waals surface area (Å²) in [6.07, 6.45) is 2.53. The fraction of sp³-hybridized carbons (Fsp3) is 0.409. The van der Waals surface area contributed by atoms with Crippen molar-refractivity contribution in [2.24, 2.45) is 0 Å². The highest BCUT2D eigenvalue weighted by Gasteiger charge is 2.19. The maximum atomic E-state index is 13.9. The van der Waals surface area contributed by atoms with Crippen molar-refractivity contribution in [3.63, 3.8) is 0 Å². The summed E-state index contributed by atoms with van der Waals surface area (Å²) in [5.41, 5.74) is 1.40. The molecule has 0 saturated carbocycles. The van der Waals surface area contributed by atoms with Crippen molar-refractivity contribution in [2.75, 3.05) is 26.7 Å². The average Bonchev–Trinajstić information content (AvgIpc) is 3.13. The Bertz CT molecular complexity index is 847. The highest BCUT2D eigenvalue weighted by molar-refractivity contribution is 9.10. The van der Waals surface area contributed by atoms with Crippen LogP contribution in [0, 0.1) is 5.82 Å². The number of benzene rings is 2. The average molecular weight is 465 g/mol. The Balaban J connectivity index is 1.61. The molecule has 156 valence electrons. The van der Waals surface area contributed by atoms with Crippen molar-refractivity contribution in [1.29, 1.82) is 0 Å². The molecule has 1 amide bonds. The third-order valence-electron chi connectivity index (χ3n) is 4.97. The summed E-state index contributed by atoms with van der Waals surface area (Å²) >= 11 is 3.58. The smallest absolute Gasteiger partial charge is 0.222 e. The predicted molar refractivity (Wildman–Crippen MR) is 114 cm³/mol. The summed E-state index contributed by atoms with van der Waals surface area (Å²) in [6.45, 7) is 3.11. The molecule has 0 unspecified atom stereocenters. The summed E-state index contributed by atoms with van der Waals surface area (Å²) in [5.74, 6) is 1.15. The number of carbonyl (C=O) groups is 1. The zero-order valence-corrected chi connectivity index (χ0v) is 18.1. The summed E-state index contributed by atoms with van der Waals surface area (Å²) in [7, 11) is 1.59. The lowest BCUT2D eigenvalue weighted by Gasteiger charge is -2.18. The van der Waals surface area contributed by atoms with Gasteiger partial charge in [-0.05, 0) is 37.6 Å².